The second-order valence-electron chi connectivity index (χ2n) is 6.19. The van der Waals surface area contributed by atoms with Crippen LogP contribution in [0.1, 0.15) is 15.9 Å². The van der Waals surface area contributed by atoms with E-state index in [1.807, 2.05) is 60.7 Å². The third-order valence-electron chi connectivity index (χ3n) is 4.59. The zero-order valence-corrected chi connectivity index (χ0v) is 16.5. The number of rotatable bonds is 8. The van der Waals surface area contributed by atoms with Crippen molar-refractivity contribution in [2.75, 3.05) is 40.5 Å². The zero-order chi connectivity index (χ0) is 19.1. The minimum absolute atomic E-state index is 0.0999. The first kappa shape index (κ1) is 20.0. The summed E-state index contributed by atoms with van der Waals surface area (Å²) in [5.74, 6) is -0.0999. The van der Waals surface area contributed by atoms with Crippen molar-refractivity contribution in [1.29, 1.82) is 0 Å². The number of ketones is 1. The molecule has 1 aliphatic rings. The van der Waals surface area contributed by atoms with Crippen LogP contribution in [-0.2, 0) is 19.1 Å². The molecule has 6 heteroatoms. The predicted molar refractivity (Wildman–Crippen MR) is 107 cm³/mol. The molecule has 2 unspecified atom stereocenters. The molecule has 1 saturated heterocycles. The molecule has 144 valence electrons. The van der Waals surface area contributed by atoms with Gasteiger partial charge >= 0.3 is 0 Å². The standard InChI is InChI=1S/C21H25NO4S/c1-24-20(22-13-15-26-16-14-22)27-21(25-2,18-11-7-4-8-12-18)19(23)17-9-5-3-6-10-17/h3-12,20H,13-16H2,1-2H3. The summed E-state index contributed by atoms with van der Waals surface area (Å²) >= 11 is 1.38. The molecule has 1 heterocycles. The van der Waals surface area contributed by atoms with Crippen molar-refractivity contribution in [3.63, 3.8) is 0 Å². The largest absolute Gasteiger partial charge is 0.379 e. The van der Waals surface area contributed by atoms with Crippen LogP contribution in [-0.4, -0.2) is 56.8 Å². The predicted octanol–water partition coefficient (Wildman–Crippen LogP) is 3.36. The van der Waals surface area contributed by atoms with E-state index < -0.39 is 4.93 Å². The summed E-state index contributed by atoms with van der Waals surface area (Å²) in [7, 11) is 3.23. The van der Waals surface area contributed by atoms with Gasteiger partial charge in [-0.05, 0) is 0 Å². The highest BCUT2D eigenvalue weighted by molar-refractivity contribution is 8.01. The lowest BCUT2D eigenvalue weighted by Crippen LogP contribution is -2.46. The van der Waals surface area contributed by atoms with E-state index in [2.05, 4.69) is 4.90 Å². The van der Waals surface area contributed by atoms with Crippen LogP contribution in [0, 0.1) is 0 Å². The fourth-order valence-electron chi connectivity index (χ4n) is 3.15. The zero-order valence-electron chi connectivity index (χ0n) is 15.7. The first-order valence-corrected chi connectivity index (χ1v) is 9.82. The Labute approximate surface area is 164 Å². The molecule has 0 radical (unpaired) electrons. The van der Waals surface area contributed by atoms with E-state index >= 15 is 0 Å². The number of hydrogen-bond donors (Lipinski definition) is 0. The fourth-order valence-corrected chi connectivity index (χ4v) is 4.48. The maximum Gasteiger partial charge on any atom is 0.209 e. The molecule has 3 rings (SSSR count). The number of benzene rings is 2. The molecule has 2 aromatic rings. The molecule has 0 N–H and O–H groups in total. The van der Waals surface area contributed by atoms with Crippen LogP contribution in [0.3, 0.4) is 0 Å². The van der Waals surface area contributed by atoms with E-state index in [0.717, 1.165) is 18.7 Å². The van der Waals surface area contributed by atoms with Crippen LogP contribution in [0.15, 0.2) is 60.7 Å². The molecule has 5 nitrogen and oxygen atoms in total. The van der Waals surface area contributed by atoms with Gasteiger partial charge in [0.05, 0.1) is 13.2 Å². The number of methoxy groups -OCH3 is 2. The van der Waals surface area contributed by atoms with Gasteiger partial charge in [-0.25, -0.2) is 0 Å². The number of hydrogen-bond acceptors (Lipinski definition) is 6. The van der Waals surface area contributed by atoms with Gasteiger partial charge in [0.2, 0.25) is 10.7 Å². The minimum Gasteiger partial charge on any atom is -0.379 e. The normalized spacial score (nSPS) is 18.6. The van der Waals surface area contributed by atoms with Crippen molar-refractivity contribution in [2.45, 2.75) is 10.5 Å². The average Bonchev–Trinajstić information content (AvgIpc) is 2.76. The minimum atomic E-state index is -1.21. The maximum absolute atomic E-state index is 13.6. The lowest BCUT2D eigenvalue weighted by molar-refractivity contribution is -0.0381. The van der Waals surface area contributed by atoms with Gasteiger partial charge in [0, 0.05) is 38.4 Å². The van der Waals surface area contributed by atoms with Crippen molar-refractivity contribution in [1.82, 2.24) is 4.90 Å². The monoisotopic (exact) mass is 387 g/mol. The van der Waals surface area contributed by atoms with Crippen LogP contribution < -0.4 is 0 Å². The van der Waals surface area contributed by atoms with Crippen molar-refractivity contribution in [3.8, 4) is 0 Å². The van der Waals surface area contributed by atoms with Gasteiger partial charge in [0.25, 0.3) is 0 Å². The third kappa shape index (κ3) is 4.42. The Bertz CT molecular complexity index is 721. The van der Waals surface area contributed by atoms with Gasteiger partial charge in [-0.1, -0.05) is 72.4 Å². The van der Waals surface area contributed by atoms with Gasteiger partial charge in [-0.15, -0.1) is 0 Å². The first-order chi connectivity index (χ1) is 13.2. The maximum atomic E-state index is 13.6. The Balaban J connectivity index is 1.99. The molecular formula is C21H25NO4S. The lowest BCUT2D eigenvalue weighted by atomic mass is 9.99. The fraction of sp³-hybridized carbons (Fsp3) is 0.381. The first-order valence-electron chi connectivity index (χ1n) is 8.94. The van der Waals surface area contributed by atoms with E-state index in [1.165, 1.54) is 11.8 Å². The van der Waals surface area contributed by atoms with Gasteiger partial charge in [0.15, 0.2) is 5.56 Å². The number of thioether (sulfide) groups is 1. The number of Topliss-reactive ketones (excluding diaryl/α,β-unsaturated/α-hetero) is 1. The van der Waals surface area contributed by atoms with Gasteiger partial charge < -0.3 is 14.2 Å². The summed E-state index contributed by atoms with van der Waals surface area (Å²) in [4.78, 5) is 14.6. The average molecular weight is 388 g/mol. The number of carbonyl (C=O) groups is 1. The van der Waals surface area contributed by atoms with Crippen LogP contribution in [0.2, 0.25) is 0 Å². The SMILES string of the molecule is COC(SC(OC)(C(=O)c1ccccc1)c1ccccc1)N1CCOCC1. The quantitative estimate of drug-likeness (QED) is 0.511. The van der Waals surface area contributed by atoms with Crippen LogP contribution in [0.5, 0.6) is 0 Å². The van der Waals surface area contributed by atoms with E-state index in [0.29, 0.717) is 18.8 Å². The Morgan fingerprint density at radius 1 is 1.04 bits per heavy atom. The molecule has 0 aromatic heterocycles. The van der Waals surface area contributed by atoms with Crippen LogP contribution in [0.4, 0.5) is 0 Å². The number of carbonyl (C=O) groups excluding carboxylic acids is 1. The van der Waals surface area contributed by atoms with E-state index in [9.17, 15) is 4.79 Å². The summed E-state index contributed by atoms with van der Waals surface area (Å²) in [6, 6.07) is 18.8. The molecule has 0 bridgehead atoms. The van der Waals surface area contributed by atoms with E-state index in [-0.39, 0.29) is 11.3 Å². The third-order valence-corrected chi connectivity index (χ3v) is 6.20. The molecule has 2 aromatic carbocycles. The highest BCUT2D eigenvalue weighted by atomic mass is 32.2. The van der Waals surface area contributed by atoms with E-state index in [1.54, 1.807) is 14.2 Å². The van der Waals surface area contributed by atoms with E-state index in [4.69, 9.17) is 14.2 Å². The molecule has 1 fully saturated rings. The van der Waals surface area contributed by atoms with Crippen molar-refractivity contribution < 1.29 is 19.0 Å². The Morgan fingerprint density at radius 3 is 2.19 bits per heavy atom. The molecular weight excluding hydrogens is 362 g/mol. The Kier molecular flexibility index (Phi) is 7.04. The lowest BCUT2D eigenvalue weighted by Gasteiger charge is -2.39. The molecule has 2 atom stereocenters. The molecule has 0 saturated carbocycles. The highest BCUT2D eigenvalue weighted by Gasteiger charge is 2.45. The molecule has 0 amide bonds. The number of morpholine rings is 1. The van der Waals surface area contributed by atoms with Crippen molar-refractivity contribution in [2.24, 2.45) is 0 Å². The summed E-state index contributed by atoms with van der Waals surface area (Å²) < 4.78 is 17.1. The molecule has 0 spiro atoms. The smallest absolute Gasteiger partial charge is 0.209 e. The topological polar surface area (TPSA) is 48.0 Å². The van der Waals surface area contributed by atoms with Crippen molar-refractivity contribution in [3.05, 3.63) is 71.8 Å². The van der Waals surface area contributed by atoms with Gasteiger partial charge in [-0.3, -0.25) is 9.69 Å². The summed E-state index contributed by atoms with van der Waals surface area (Å²) in [5, 5.41) is 0. The van der Waals surface area contributed by atoms with Crippen LogP contribution >= 0.6 is 11.8 Å². The second kappa shape index (κ2) is 9.48. The Morgan fingerprint density at radius 2 is 1.63 bits per heavy atom. The van der Waals surface area contributed by atoms with Crippen LogP contribution in [0.25, 0.3) is 0 Å². The highest BCUT2D eigenvalue weighted by Crippen LogP contribution is 2.44. The molecule has 27 heavy (non-hydrogen) atoms. The summed E-state index contributed by atoms with van der Waals surface area (Å²) in [6.07, 6.45) is 0. The summed E-state index contributed by atoms with van der Waals surface area (Å²) in [6.45, 7) is 2.80. The van der Waals surface area contributed by atoms with Gasteiger partial charge in [0.1, 0.15) is 0 Å². The van der Waals surface area contributed by atoms with Crippen molar-refractivity contribution >= 4 is 17.5 Å². The molecule has 0 aliphatic carbocycles. The van der Waals surface area contributed by atoms with Gasteiger partial charge in [-0.2, -0.15) is 0 Å². The molecule has 1 aliphatic heterocycles. The number of nitrogens with zero attached hydrogens (tertiary/aromatic N) is 1. The Hall–Kier alpha value is -1.70. The number of ether oxygens (including phenoxy) is 3. The second-order valence-corrected chi connectivity index (χ2v) is 7.40. The summed E-state index contributed by atoms with van der Waals surface area (Å²) in [5.41, 5.74) is 1.07.